The van der Waals surface area contributed by atoms with Crippen LogP contribution in [0.3, 0.4) is 0 Å². The predicted molar refractivity (Wildman–Crippen MR) is 105 cm³/mol. The van der Waals surface area contributed by atoms with E-state index in [1.54, 1.807) is 12.1 Å². The fourth-order valence-electron chi connectivity index (χ4n) is 2.87. The van der Waals surface area contributed by atoms with Gasteiger partial charge in [-0.2, -0.15) is 4.31 Å². The van der Waals surface area contributed by atoms with Gasteiger partial charge >= 0.3 is 0 Å². The third-order valence-electron chi connectivity index (χ3n) is 4.29. The molecule has 2 aromatic carbocycles. The number of benzene rings is 2. The van der Waals surface area contributed by atoms with Gasteiger partial charge in [-0.15, -0.1) is 0 Å². The Bertz CT molecular complexity index is 973. The van der Waals surface area contributed by atoms with E-state index in [2.05, 4.69) is 5.32 Å². The van der Waals surface area contributed by atoms with E-state index in [4.69, 9.17) is 27.9 Å². The Balaban J connectivity index is 1.93. The first-order valence-corrected chi connectivity index (χ1v) is 10.5. The molecular formula is C18H18Cl2N2O4S. The van der Waals surface area contributed by atoms with Crippen LogP contribution in [0.15, 0.2) is 41.3 Å². The number of halogens is 2. The fourth-order valence-corrected chi connectivity index (χ4v) is 5.03. The van der Waals surface area contributed by atoms with Gasteiger partial charge < -0.3 is 10.1 Å². The van der Waals surface area contributed by atoms with Gasteiger partial charge in [-0.05, 0) is 49.2 Å². The number of amides is 1. The van der Waals surface area contributed by atoms with Crippen molar-refractivity contribution in [2.24, 2.45) is 0 Å². The SMILES string of the molecule is COc1ccc(C(=O)Nc2ccc(Cl)cc2Cl)cc1S(=O)(=O)N1CCCC1. The number of ether oxygens (including phenoxy) is 1. The first-order chi connectivity index (χ1) is 12.8. The molecule has 2 aromatic rings. The summed E-state index contributed by atoms with van der Waals surface area (Å²) in [6.07, 6.45) is 1.63. The molecule has 0 atom stereocenters. The summed E-state index contributed by atoms with van der Waals surface area (Å²) >= 11 is 11.9. The molecule has 6 nitrogen and oxygen atoms in total. The highest BCUT2D eigenvalue weighted by atomic mass is 35.5. The molecule has 27 heavy (non-hydrogen) atoms. The summed E-state index contributed by atoms with van der Waals surface area (Å²) < 4.78 is 32.4. The molecule has 1 N–H and O–H groups in total. The number of methoxy groups -OCH3 is 1. The maximum atomic E-state index is 12.9. The molecule has 1 aliphatic rings. The van der Waals surface area contributed by atoms with E-state index in [-0.39, 0.29) is 21.2 Å². The van der Waals surface area contributed by atoms with Gasteiger partial charge in [-0.25, -0.2) is 8.42 Å². The third kappa shape index (κ3) is 4.21. The Labute approximate surface area is 168 Å². The minimum absolute atomic E-state index is 0.0262. The number of carbonyl (C=O) groups excluding carboxylic acids is 1. The Morgan fingerprint density at radius 3 is 2.44 bits per heavy atom. The van der Waals surface area contributed by atoms with Gasteiger partial charge in [0.25, 0.3) is 5.91 Å². The van der Waals surface area contributed by atoms with Crippen LogP contribution in [-0.2, 0) is 10.0 Å². The van der Waals surface area contributed by atoms with Crippen molar-refractivity contribution < 1.29 is 17.9 Å². The maximum absolute atomic E-state index is 12.9. The molecule has 1 fully saturated rings. The third-order valence-corrected chi connectivity index (χ3v) is 6.76. The molecule has 0 unspecified atom stereocenters. The van der Waals surface area contributed by atoms with E-state index in [1.807, 2.05) is 0 Å². The van der Waals surface area contributed by atoms with E-state index in [9.17, 15) is 13.2 Å². The molecule has 0 aromatic heterocycles. The lowest BCUT2D eigenvalue weighted by atomic mass is 10.2. The van der Waals surface area contributed by atoms with Crippen LogP contribution < -0.4 is 10.1 Å². The Morgan fingerprint density at radius 2 is 1.81 bits per heavy atom. The number of hydrogen-bond acceptors (Lipinski definition) is 4. The zero-order chi connectivity index (χ0) is 19.6. The zero-order valence-electron chi connectivity index (χ0n) is 14.5. The Hall–Kier alpha value is -1.80. The van der Waals surface area contributed by atoms with Gasteiger partial charge in [0.05, 0.1) is 17.8 Å². The Kier molecular flexibility index (Phi) is 5.95. The van der Waals surface area contributed by atoms with Gasteiger partial charge in [-0.3, -0.25) is 4.79 Å². The summed E-state index contributed by atoms with van der Waals surface area (Å²) in [6.45, 7) is 0.921. The normalized spacial score (nSPS) is 14.9. The molecule has 1 saturated heterocycles. The van der Waals surface area contributed by atoms with Gasteiger partial charge in [0.15, 0.2) is 0 Å². The van der Waals surface area contributed by atoms with E-state index in [0.29, 0.717) is 23.8 Å². The van der Waals surface area contributed by atoms with Crippen molar-refractivity contribution in [3.05, 3.63) is 52.0 Å². The van der Waals surface area contributed by atoms with Crippen LogP contribution in [0.25, 0.3) is 0 Å². The second kappa shape index (κ2) is 8.06. The average Bonchev–Trinajstić information content (AvgIpc) is 3.19. The highest BCUT2D eigenvalue weighted by Gasteiger charge is 2.30. The molecule has 0 saturated carbocycles. The van der Waals surface area contributed by atoms with Crippen molar-refractivity contribution in [1.29, 1.82) is 0 Å². The van der Waals surface area contributed by atoms with E-state index in [1.165, 1.54) is 35.7 Å². The molecule has 0 aliphatic carbocycles. The van der Waals surface area contributed by atoms with E-state index >= 15 is 0 Å². The first-order valence-electron chi connectivity index (χ1n) is 8.27. The number of nitrogens with zero attached hydrogens (tertiary/aromatic N) is 1. The van der Waals surface area contributed by atoms with Crippen LogP contribution in [0.5, 0.6) is 5.75 Å². The van der Waals surface area contributed by atoms with Gasteiger partial charge in [0.2, 0.25) is 10.0 Å². The van der Waals surface area contributed by atoms with Gasteiger partial charge in [-0.1, -0.05) is 23.2 Å². The minimum Gasteiger partial charge on any atom is -0.495 e. The van der Waals surface area contributed by atoms with Crippen LogP contribution >= 0.6 is 23.2 Å². The van der Waals surface area contributed by atoms with Crippen molar-refractivity contribution in [1.82, 2.24) is 4.31 Å². The van der Waals surface area contributed by atoms with Crippen molar-refractivity contribution >= 4 is 44.8 Å². The van der Waals surface area contributed by atoms with Crippen LogP contribution in [0.1, 0.15) is 23.2 Å². The maximum Gasteiger partial charge on any atom is 0.255 e. The van der Waals surface area contributed by atoms with E-state index in [0.717, 1.165) is 12.8 Å². The second-order valence-corrected chi connectivity index (χ2v) is 8.81. The van der Waals surface area contributed by atoms with Gasteiger partial charge in [0, 0.05) is 23.7 Å². The molecule has 9 heteroatoms. The number of sulfonamides is 1. The monoisotopic (exact) mass is 428 g/mol. The smallest absolute Gasteiger partial charge is 0.255 e. The quantitative estimate of drug-likeness (QED) is 0.779. The average molecular weight is 429 g/mol. The number of carbonyl (C=O) groups is 1. The fraction of sp³-hybridized carbons (Fsp3) is 0.278. The molecule has 1 heterocycles. The molecule has 144 valence electrons. The molecule has 1 amide bonds. The summed E-state index contributed by atoms with van der Waals surface area (Å²) in [6, 6.07) is 8.98. The lowest BCUT2D eigenvalue weighted by molar-refractivity contribution is 0.102. The van der Waals surface area contributed by atoms with Crippen molar-refractivity contribution in [3.8, 4) is 5.75 Å². The second-order valence-electron chi connectivity index (χ2n) is 6.06. The zero-order valence-corrected chi connectivity index (χ0v) is 16.9. The van der Waals surface area contributed by atoms with Crippen LogP contribution in [-0.4, -0.2) is 38.8 Å². The molecule has 3 rings (SSSR count). The van der Waals surface area contributed by atoms with Gasteiger partial charge in [0.1, 0.15) is 10.6 Å². The van der Waals surface area contributed by atoms with E-state index < -0.39 is 15.9 Å². The number of anilines is 1. The Morgan fingerprint density at radius 1 is 1.11 bits per heavy atom. The minimum atomic E-state index is -3.74. The largest absolute Gasteiger partial charge is 0.495 e. The molecule has 0 radical (unpaired) electrons. The van der Waals surface area contributed by atoms with Crippen LogP contribution in [0.4, 0.5) is 5.69 Å². The molecular weight excluding hydrogens is 411 g/mol. The summed E-state index contributed by atoms with van der Waals surface area (Å²) in [5.41, 5.74) is 0.561. The highest BCUT2D eigenvalue weighted by molar-refractivity contribution is 7.89. The summed E-state index contributed by atoms with van der Waals surface area (Å²) in [5, 5.41) is 3.39. The van der Waals surface area contributed by atoms with Crippen molar-refractivity contribution in [2.45, 2.75) is 17.7 Å². The molecule has 1 aliphatic heterocycles. The van der Waals surface area contributed by atoms with Crippen molar-refractivity contribution in [2.75, 3.05) is 25.5 Å². The lowest BCUT2D eigenvalue weighted by Gasteiger charge is -2.18. The van der Waals surface area contributed by atoms with Crippen LogP contribution in [0.2, 0.25) is 10.0 Å². The lowest BCUT2D eigenvalue weighted by Crippen LogP contribution is -2.28. The van der Waals surface area contributed by atoms with Crippen molar-refractivity contribution in [3.63, 3.8) is 0 Å². The molecule has 0 bridgehead atoms. The topological polar surface area (TPSA) is 75.7 Å². The summed E-state index contributed by atoms with van der Waals surface area (Å²) in [4.78, 5) is 12.6. The number of hydrogen-bond donors (Lipinski definition) is 1. The predicted octanol–water partition coefficient (Wildman–Crippen LogP) is 4.04. The summed E-state index contributed by atoms with van der Waals surface area (Å²) in [7, 11) is -2.34. The van der Waals surface area contributed by atoms with Crippen LogP contribution in [0, 0.1) is 0 Å². The highest BCUT2D eigenvalue weighted by Crippen LogP contribution is 2.31. The first kappa shape index (κ1) is 19.9. The number of rotatable bonds is 5. The number of nitrogens with one attached hydrogen (secondary N) is 1. The standard InChI is InChI=1S/C18H18Cl2N2O4S/c1-26-16-7-4-12(10-17(16)27(24,25)22-8-2-3-9-22)18(23)21-15-6-5-13(19)11-14(15)20/h4-7,10-11H,2-3,8-9H2,1H3,(H,21,23). The summed E-state index contributed by atoms with van der Waals surface area (Å²) in [5.74, 6) is -0.289. The molecule has 0 spiro atoms.